The van der Waals surface area contributed by atoms with Gasteiger partial charge in [-0.15, -0.1) is 0 Å². The van der Waals surface area contributed by atoms with Crippen LogP contribution in [0.5, 0.6) is 0 Å². The molecule has 0 radical (unpaired) electrons. The van der Waals surface area contributed by atoms with Crippen molar-refractivity contribution < 1.29 is 13.0 Å². The summed E-state index contributed by atoms with van der Waals surface area (Å²) in [6, 6.07) is 0.995. The second kappa shape index (κ2) is 7.04. The van der Waals surface area contributed by atoms with Gasteiger partial charge in [-0.05, 0) is 58.3 Å². The van der Waals surface area contributed by atoms with Gasteiger partial charge in [0, 0.05) is 0 Å². The van der Waals surface area contributed by atoms with E-state index in [0.717, 1.165) is 12.5 Å². The van der Waals surface area contributed by atoms with E-state index in [1.807, 2.05) is 0 Å². The molecule has 108 valence electrons. The van der Waals surface area contributed by atoms with Gasteiger partial charge in [0.05, 0.1) is 12.9 Å². The van der Waals surface area contributed by atoms with Crippen LogP contribution in [0.4, 0.5) is 0 Å². The summed E-state index contributed by atoms with van der Waals surface area (Å²) in [4.78, 5) is 0. The van der Waals surface area contributed by atoms with E-state index in [-0.39, 0.29) is 0 Å². The Morgan fingerprint density at radius 3 is 1.67 bits per heavy atom. The third-order valence-corrected chi connectivity index (χ3v) is 11.7. The lowest BCUT2D eigenvalue weighted by Crippen LogP contribution is -2.52. The summed E-state index contributed by atoms with van der Waals surface area (Å²) in [6.07, 6.45) is 2.47. The molecule has 0 saturated carbocycles. The van der Waals surface area contributed by atoms with Gasteiger partial charge in [0.1, 0.15) is 0 Å². The molecule has 6 heteroatoms. The van der Waals surface area contributed by atoms with E-state index in [1.54, 1.807) is 0 Å². The smallest absolute Gasteiger partial charge is 0.314 e. The van der Waals surface area contributed by atoms with Crippen molar-refractivity contribution in [3.05, 3.63) is 12.8 Å². The third-order valence-electron chi connectivity index (χ3n) is 2.06. The van der Waals surface area contributed by atoms with Crippen molar-refractivity contribution in [3.8, 4) is 0 Å². The highest BCUT2D eigenvalue weighted by Crippen LogP contribution is 2.25. The fraction of sp³-hybridized carbons (Fsp3) is 0.833. The van der Waals surface area contributed by atoms with Crippen molar-refractivity contribution in [2.24, 2.45) is 0 Å². The Morgan fingerprint density at radius 2 is 1.33 bits per heavy atom. The molecule has 0 spiro atoms. The maximum Gasteiger partial charge on any atom is 0.314 e. The largest absolute Gasteiger partial charge is 0.502 e. The molecule has 0 saturated heterocycles. The van der Waals surface area contributed by atoms with E-state index in [1.165, 1.54) is 6.26 Å². The molecule has 0 N–H and O–H groups in total. The van der Waals surface area contributed by atoms with Crippen LogP contribution in [0.25, 0.3) is 0 Å². The quantitative estimate of drug-likeness (QED) is 0.361. The first-order valence-electron chi connectivity index (χ1n) is 6.60. The predicted octanol–water partition coefficient (Wildman–Crippen LogP) is 4.31. The van der Waals surface area contributed by atoms with Crippen LogP contribution < -0.4 is 0 Å². The molecule has 0 atom stereocenters. The molecule has 18 heavy (non-hydrogen) atoms. The van der Waals surface area contributed by atoms with Gasteiger partial charge in [-0.1, -0.05) is 6.58 Å². The van der Waals surface area contributed by atoms with Gasteiger partial charge in [-0.2, -0.15) is 0 Å². The summed E-state index contributed by atoms with van der Waals surface area (Å²) < 4.78 is 18.0. The van der Waals surface area contributed by atoms with Gasteiger partial charge >= 0.3 is 8.56 Å². The standard InChI is InChI=1S/C12H30O3Si3/c1-9-13-11-10-12-18(8,14-16(2,3)4)15-17(5,6)7/h9H,1,10-12H2,2-8H3. The maximum absolute atomic E-state index is 6.39. The molecule has 0 fully saturated rings. The lowest BCUT2D eigenvalue weighted by Gasteiger charge is -2.38. The summed E-state index contributed by atoms with van der Waals surface area (Å²) in [5, 5.41) is 0. The first-order valence-corrected chi connectivity index (χ1v) is 15.9. The third kappa shape index (κ3) is 10.1. The second-order valence-electron chi connectivity index (χ2n) is 6.70. The van der Waals surface area contributed by atoms with E-state index in [4.69, 9.17) is 13.0 Å². The average Bonchev–Trinajstić information content (AvgIpc) is 2.05. The van der Waals surface area contributed by atoms with Crippen LogP contribution in [0.3, 0.4) is 0 Å². The molecule has 0 aromatic heterocycles. The second-order valence-corrected chi connectivity index (χ2v) is 19.6. The van der Waals surface area contributed by atoms with Crippen LogP contribution >= 0.6 is 0 Å². The first-order chi connectivity index (χ1) is 7.97. The zero-order chi connectivity index (χ0) is 14.4. The zero-order valence-corrected chi connectivity index (χ0v) is 16.1. The highest BCUT2D eigenvalue weighted by molar-refractivity contribution is 6.87. The summed E-state index contributed by atoms with van der Waals surface area (Å²) in [7, 11) is -5.19. The Bertz CT molecular complexity index is 240. The van der Waals surface area contributed by atoms with Gasteiger partial charge in [0.15, 0.2) is 16.6 Å². The van der Waals surface area contributed by atoms with E-state index < -0.39 is 25.2 Å². The molecule has 0 heterocycles. The predicted molar refractivity (Wildman–Crippen MR) is 86.1 cm³/mol. The van der Waals surface area contributed by atoms with Gasteiger partial charge in [-0.3, -0.25) is 0 Å². The molecular formula is C12H30O3Si3. The van der Waals surface area contributed by atoms with Crippen LogP contribution in [0.2, 0.25) is 51.9 Å². The highest BCUT2D eigenvalue weighted by Gasteiger charge is 2.39. The van der Waals surface area contributed by atoms with Crippen molar-refractivity contribution in [2.45, 2.75) is 58.3 Å². The molecule has 0 amide bonds. The molecule has 0 aromatic rings. The minimum atomic E-state index is -2.06. The fourth-order valence-corrected chi connectivity index (χ4v) is 14.5. The van der Waals surface area contributed by atoms with Crippen LogP contribution in [-0.2, 0) is 13.0 Å². The van der Waals surface area contributed by atoms with Crippen molar-refractivity contribution in [2.75, 3.05) is 6.61 Å². The summed E-state index contributed by atoms with van der Waals surface area (Å²) in [6.45, 7) is 19.8. The van der Waals surface area contributed by atoms with Gasteiger partial charge < -0.3 is 13.0 Å². The average molecular weight is 307 g/mol. The first kappa shape index (κ1) is 18.1. The monoisotopic (exact) mass is 306 g/mol. The molecule has 0 unspecified atom stereocenters. The molecule has 3 nitrogen and oxygen atoms in total. The van der Waals surface area contributed by atoms with Crippen molar-refractivity contribution in [1.29, 1.82) is 0 Å². The fourth-order valence-electron chi connectivity index (χ4n) is 1.98. The Hall–Kier alpha value is 0.111. The molecule has 0 aliphatic rings. The van der Waals surface area contributed by atoms with E-state index in [2.05, 4.69) is 52.4 Å². The maximum atomic E-state index is 6.39. The SMILES string of the molecule is C=COCCC[Si](C)(O[Si](C)(C)C)O[Si](C)(C)C. The molecular weight excluding hydrogens is 276 g/mol. The number of rotatable bonds is 9. The number of hydrogen-bond acceptors (Lipinski definition) is 3. The van der Waals surface area contributed by atoms with Gasteiger partial charge in [0.25, 0.3) is 0 Å². The van der Waals surface area contributed by atoms with E-state index in [0.29, 0.717) is 6.61 Å². The van der Waals surface area contributed by atoms with Gasteiger partial charge in [-0.25, -0.2) is 0 Å². The van der Waals surface area contributed by atoms with Crippen LogP contribution in [0, 0.1) is 0 Å². The van der Waals surface area contributed by atoms with E-state index in [9.17, 15) is 0 Å². The molecule has 0 aromatic carbocycles. The summed E-state index contributed by atoms with van der Waals surface area (Å²) >= 11 is 0. The minimum absolute atomic E-state index is 0.705. The van der Waals surface area contributed by atoms with Crippen molar-refractivity contribution in [3.63, 3.8) is 0 Å². The van der Waals surface area contributed by atoms with Crippen molar-refractivity contribution in [1.82, 2.24) is 0 Å². The van der Waals surface area contributed by atoms with Crippen LogP contribution in [0.15, 0.2) is 12.8 Å². The molecule has 0 bridgehead atoms. The zero-order valence-electron chi connectivity index (χ0n) is 13.1. The lowest BCUT2D eigenvalue weighted by atomic mass is 10.5. The van der Waals surface area contributed by atoms with Crippen molar-refractivity contribution >= 4 is 25.2 Å². The normalized spacial score (nSPS) is 13.5. The Balaban J connectivity index is 4.54. The molecule has 0 aliphatic heterocycles. The topological polar surface area (TPSA) is 27.7 Å². The highest BCUT2D eigenvalue weighted by atomic mass is 28.5. The Morgan fingerprint density at radius 1 is 0.889 bits per heavy atom. The van der Waals surface area contributed by atoms with Gasteiger partial charge in [0.2, 0.25) is 0 Å². The lowest BCUT2D eigenvalue weighted by molar-refractivity contribution is 0.246. The number of hydrogen-bond donors (Lipinski definition) is 0. The Labute approximate surface area is 116 Å². The minimum Gasteiger partial charge on any atom is -0.502 e. The van der Waals surface area contributed by atoms with E-state index >= 15 is 0 Å². The molecule has 0 aliphatic carbocycles. The number of ether oxygens (including phenoxy) is 1. The summed E-state index contributed by atoms with van der Waals surface area (Å²) in [5.41, 5.74) is 0. The van der Waals surface area contributed by atoms with Crippen LogP contribution in [0.1, 0.15) is 6.42 Å². The molecule has 0 rings (SSSR count). The van der Waals surface area contributed by atoms with Crippen LogP contribution in [-0.4, -0.2) is 31.8 Å². The Kier molecular flexibility index (Phi) is 7.09. The summed E-state index contributed by atoms with van der Waals surface area (Å²) in [5.74, 6) is 0.